The number of methoxy groups -OCH3 is 1. The molecule has 30 heavy (non-hydrogen) atoms. The topological polar surface area (TPSA) is 109 Å². The SMILES string of the molecule is COc1cc2c(cc1Nc1ncc(Cl)c(NCN)n1)CCN(CC(=O)N(C)C)CC2. The van der Waals surface area contributed by atoms with E-state index in [2.05, 4.69) is 31.6 Å². The van der Waals surface area contributed by atoms with Crippen molar-refractivity contribution in [3.8, 4) is 5.75 Å². The number of benzene rings is 1. The summed E-state index contributed by atoms with van der Waals surface area (Å²) in [7, 11) is 5.20. The van der Waals surface area contributed by atoms with Gasteiger partial charge in [-0.15, -0.1) is 0 Å². The molecule has 2 heterocycles. The van der Waals surface area contributed by atoms with E-state index in [-0.39, 0.29) is 12.6 Å². The summed E-state index contributed by atoms with van der Waals surface area (Å²) in [6.07, 6.45) is 3.22. The maximum absolute atomic E-state index is 12.1. The van der Waals surface area contributed by atoms with Crippen molar-refractivity contribution in [1.82, 2.24) is 19.8 Å². The van der Waals surface area contributed by atoms with Crippen molar-refractivity contribution in [2.45, 2.75) is 12.8 Å². The van der Waals surface area contributed by atoms with E-state index in [1.807, 2.05) is 6.07 Å². The van der Waals surface area contributed by atoms with Crippen molar-refractivity contribution in [2.75, 3.05) is 58.1 Å². The third kappa shape index (κ3) is 5.29. The van der Waals surface area contributed by atoms with Crippen LogP contribution in [-0.2, 0) is 17.6 Å². The molecule has 0 spiro atoms. The number of hydrogen-bond donors (Lipinski definition) is 3. The third-order valence-corrected chi connectivity index (χ3v) is 5.31. The van der Waals surface area contributed by atoms with E-state index >= 15 is 0 Å². The third-order valence-electron chi connectivity index (χ3n) is 5.03. The van der Waals surface area contributed by atoms with Crippen LogP contribution in [0, 0.1) is 0 Å². The van der Waals surface area contributed by atoms with Crippen molar-refractivity contribution in [1.29, 1.82) is 0 Å². The van der Waals surface area contributed by atoms with E-state index in [4.69, 9.17) is 22.1 Å². The average molecular weight is 434 g/mol. The lowest BCUT2D eigenvalue weighted by atomic mass is 10.0. The van der Waals surface area contributed by atoms with Gasteiger partial charge in [0, 0.05) is 27.2 Å². The Hall–Kier alpha value is -2.62. The highest BCUT2D eigenvalue weighted by atomic mass is 35.5. The number of nitrogens with zero attached hydrogens (tertiary/aromatic N) is 4. The molecule has 0 radical (unpaired) electrons. The van der Waals surface area contributed by atoms with Crippen LogP contribution >= 0.6 is 11.6 Å². The maximum atomic E-state index is 12.1. The fraction of sp³-hybridized carbons (Fsp3) is 0.450. The van der Waals surface area contributed by atoms with Crippen LogP contribution in [0.4, 0.5) is 17.5 Å². The lowest BCUT2D eigenvalue weighted by molar-refractivity contribution is -0.129. The molecule has 1 aromatic carbocycles. The van der Waals surface area contributed by atoms with Crippen LogP contribution in [0.2, 0.25) is 5.02 Å². The van der Waals surface area contributed by atoms with Gasteiger partial charge in [0.25, 0.3) is 0 Å². The predicted octanol–water partition coefficient (Wildman–Crippen LogP) is 1.70. The van der Waals surface area contributed by atoms with Gasteiger partial charge in [-0.2, -0.15) is 4.98 Å². The number of nitrogens with one attached hydrogen (secondary N) is 2. The van der Waals surface area contributed by atoms with Gasteiger partial charge < -0.3 is 26.0 Å². The van der Waals surface area contributed by atoms with Crippen molar-refractivity contribution in [3.63, 3.8) is 0 Å². The molecular formula is C20H28ClN7O2. The van der Waals surface area contributed by atoms with Gasteiger partial charge in [0.2, 0.25) is 11.9 Å². The summed E-state index contributed by atoms with van der Waals surface area (Å²) in [5.41, 5.74) is 8.74. The van der Waals surface area contributed by atoms with E-state index in [1.54, 1.807) is 26.1 Å². The highest BCUT2D eigenvalue weighted by Gasteiger charge is 2.20. The Morgan fingerprint density at radius 2 is 2.00 bits per heavy atom. The molecule has 1 aromatic heterocycles. The first-order valence-electron chi connectivity index (χ1n) is 9.77. The van der Waals surface area contributed by atoms with Crippen LogP contribution in [0.5, 0.6) is 5.75 Å². The lowest BCUT2D eigenvalue weighted by Gasteiger charge is -2.21. The number of aromatic nitrogens is 2. The number of hydrogen-bond acceptors (Lipinski definition) is 8. The summed E-state index contributed by atoms with van der Waals surface area (Å²) >= 11 is 6.09. The molecule has 0 bridgehead atoms. The van der Waals surface area contributed by atoms with Crippen LogP contribution < -0.4 is 21.1 Å². The fourth-order valence-electron chi connectivity index (χ4n) is 3.33. The molecular weight excluding hydrogens is 406 g/mol. The number of amides is 1. The minimum absolute atomic E-state index is 0.114. The first-order valence-corrected chi connectivity index (χ1v) is 10.1. The summed E-state index contributed by atoms with van der Waals surface area (Å²) in [5, 5.41) is 6.52. The quantitative estimate of drug-likeness (QED) is 0.566. The van der Waals surface area contributed by atoms with Gasteiger partial charge in [-0.3, -0.25) is 9.69 Å². The van der Waals surface area contributed by atoms with Gasteiger partial charge in [-0.05, 0) is 36.1 Å². The molecule has 0 unspecified atom stereocenters. The second kappa shape index (κ2) is 9.92. The van der Waals surface area contributed by atoms with E-state index in [9.17, 15) is 4.79 Å². The molecule has 3 rings (SSSR count). The zero-order valence-corrected chi connectivity index (χ0v) is 18.3. The number of ether oxygens (including phenoxy) is 1. The summed E-state index contributed by atoms with van der Waals surface area (Å²) < 4.78 is 5.59. The molecule has 2 aromatic rings. The molecule has 0 fully saturated rings. The lowest BCUT2D eigenvalue weighted by Crippen LogP contribution is -2.37. The normalized spacial score (nSPS) is 13.9. The number of anilines is 3. The molecule has 4 N–H and O–H groups in total. The van der Waals surface area contributed by atoms with Gasteiger partial charge in [0.1, 0.15) is 10.8 Å². The van der Waals surface area contributed by atoms with Gasteiger partial charge >= 0.3 is 0 Å². The first-order chi connectivity index (χ1) is 14.4. The van der Waals surface area contributed by atoms with Crippen LogP contribution in [0.25, 0.3) is 0 Å². The summed E-state index contributed by atoms with van der Waals surface area (Å²) in [5.74, 6) is 1.67. The molecule has 162 valence electrons. The highest BCUT2D eigenvalue weighted by Crippen LogP contribution is 2.32. The van der Waals surface area contributed by atoms with Crippen molar-refractivity contribution < 1.29 is 9.53 Å². The maximum Gasteiger partial charge on any atom is 0.236 e. The predicted molar refractivity (Wildman–Crippen MR) is 119 cm³/mol. The summed E-state index contributed by atoms with van der Waals surface area (Å²) in [4.78, 5) is 24.5. The first kappa shape index (κ1) is 22.1. The van der Waals surface area contributed by atoms with E-state index in [1.165, 1.54) is 17.3 Å². The number of nitrogens with two attached hydrogens (primary N) is 1. The summed E-state index contributed by atoms with van der Waals surface area (Å²) in [6, 6.07) is 4.11. The van der Waals surface area contributed by atoms with Gasteiger partial charge in [0.15, 0.2) is 5.82 Å². The Balaban J connectivity index is 1.80. The molecule has 1 aliphatic rings. The van der Waals surface area contributed by atoms with Gasteiger partial charge in [-0.25, -0.2) is 4.98 Å². The Labute approximate surface area is 181 Å². The fourth-order valence-corrected chi connectivity index (χ4v) is 3.48. The summed E-state index contributed by atoms with van der Waals surface area (Å²) in [6.45, 7) is 2.29. The molecule has 9 nitrogen and oxygen atoms in total. The monoisotopic (exact) mass is 433 g/mol. The minimum Gasteiger partial charge on any atom is -0.495 e. The Kier molecular flexibility index (Phi) is 7.30. The van der Waals surface area contributed by atoms with Crippen LogP contribution in [0.1, 0.15) is 11.1 Å². The molecule has 0 saturated carbocycles. The van der Waals surface area contributed by atoms with E-state index in [0.29, 0.717) is 29.1 Å². The molecule has 0 aliphatic carbocycles. The van der Waals surface area contributed by atoms with Crippen molar-refractivity contribution in [2.24, 2.45) is 5.73 Å². The van der Waals surface area contributed by atoms with Crippen LogP contribution in [0.3, 0.4) is 0 Å². The molecule has 1 aliphatic heterocycles. The smallest absolute Gasteiger partial charge is 0.236 e. The number of fused-ring (bicyclic) bond motifs is 1. The standard InChI is InChI=1S/C20H28ClN7O2/c1-27(2)18(29)11-28-6-4-13-8-16(17(30-3)9-14(13)5-7-28)25-20-23-10-15(21)19(26-20)24-12-22/h8-10H,4-7,11-12,22H2,1-3H3,(H2,23,24,25,26). The number of carbonyl (C=O) groups is 1. The Bertz CT molecular complexity index is 907. The second-order valence-electron chi connectivity index (χ2n) is 7.28. The van der Waals surface area contributed by atoms with Crippen molar-refractivity contribution in [3.05, 3.63) is 34.5 Å². The largest absolute Gasteiger partial charge is 0.495 e. The number of halogens is 1. The van der Waals surface area contributed by atoms with Crippen LogP contribution in [0.15, 0.2) is 18.3 Å². The van der Waals surface area contributed by atoms with Gasteiger partial charge in [0.05, 0.1) is 32.2 Å². The Morgan fingerprint density at radius 1 is 1.30 bits per heavy atom. The minimum atomic E-state index is 0.114. The van der Waals surface area contributed by atoms with Crippen molar-refractivity contribution >= 4 is 35.0 Å². The zero-order valence-electron chi connectivity index (χ0n) is 17.5. The van der Waals surface area contributed by atoms with Crippen LogP contribution in [-0.4, -0.2) is 73.2 Å². The van der Waals surface area contributed by atoms with E-state index < -0.39 is 0 Å². The van der Waals surface area contributed by atoms with Gasteiger partial charge in [-0.1, -0.05) is 11.6 Å². The second-order valence-corrected chi connectivity index (χ2v) is 7.69. The molecule has 0 atom stereocenters. The molecule has 0 saturated heterocycles. The zero-order chi connectivity index (χ0) is 21.7. The Morgan fingerprint density at radius 3 is 2.63 bits per heavy atom. The average Bonchev–Trinajstić information content (AvgIpc) is 2.92. The number of rotatable bonds is 7. The number of carbonyl (C=O) groups excluding carboxylic acids is 1. The molecule has 1 amide bonds. The molecule has 10 heteroatoms. The highest BCUT2D eigenvalue weighted by molar-refractivity contribution is 6.32. The number of likely N-dealkylation sites (N-methyl/N-ethyl adjacent to an activating group) is 1. The van der Waals surface area contributed by atoms with E-state index in [0.717, 1.165) is 31.6 Å².